The molecule has 1 aromatic heterocycles. The average molecular weight is 319 g/mol. The molecule has 0 unspecified atom stereocenters. The van der Waals surface area contributed by atoms with Gasteiger partial charge in [-0.05, 0) is 18.2 Å². The van der Waals surface area contributed by atoms with Crippen molar-refractivity contribution in [1.82, 2.24) is 9.66 Å². The Balaban J connectivity index is 2.60. The second-order valence-corrected chi connectivity index (χ2v) is 6.50. The fourth-order valence-electron chi connectivity index (χ4n) is 1.45. The molecule has 0 aliphatic heterocycles. The van der Waals surface area contributed by atoms with Crippen LogP contribution in [-0.2, 0) is 20.2 Å². The Labute approximate surface area is 114 Å². The van der Waals surface area contributed by atoms with Crippen molar-refractivity contribution in [3.05, 3.63) is 36.9 Å². The van der Waals surface area contributed by atoms with Crippen molar-refractivity contribution in [2.45, 2.75) is 9.79 Å². The molecule has 0 amide bonds. The van der Waals surface area contributed by atoms with Gasteiger partial charge in [-0.25, -0.2) is 4.98 Å². The fourth-order valence-corrected chi connectivity index (χ4v) is 2.58. The number of aromatic nitrogens is 2. The van der Waals surface area contributed by atoms with Gasteiger partial charge in [-0.1, -0.05) is 0 Å². The monoisotopic (exact) mass is 319 g/mol. The van der Waals surface area contributed by atoms with Crippen LogP contribution in [0.3, 0.4) is 0 Å². The molecule has 0 aliphatic carbocycles. The van der Waals surface area contributed by atoms with Gasteiger partial charge in [-0.3, -0.25) is 19.2 Å². The highest BCUT2D eigenvalue weighted by Gasteiger charge is 2.19. The van der Waals surface area contributed by atoms with Gasteiger partial charge in [0.2, 0.25) is 0 Å². The van der Waals surface area contributed by atoms with Crippen molar-refractivity contribution in [1.29, 1.82) is 0 Å². The SMILES string of the molecule is O=S(=O)(O)c1ccc(S(=O)(=O)O)c(Nn2ccnc2)c1. The van der Waals surface area contributed by atoms with E-state index in [1.165, 1.54) is 23.4 Å². The lowest BCUT2D eigenvalue weighted by Gasteiger charge is -2.11. The number of nitrogens with one attached hydrogen (secondary N) is 1. The first-order chi connectivity index (χ1) is 9.18. The lowest BCUT2D eigenvalue weighted by molar-refractivity contribution is 0.478. The van der Waals surface area contributed by atoms with Crippen molar-refractivity contribution in [3.63, 3.8) is 0 Å². The first-order valence-corrected chi connectivity index (χ1v) is 7.90. The van der Waals surface area contributed by atoms with Crippen molar-refractivity contribution in [2.24, 2.45) is 0 Å². The van der Waals surface area contributed by atoms with Crippen LogP contribution in [0.5, 0.6) is 0 Å². The highest BCUT2D eigenvalue weighted by molar-refractivity contribution is 7.86. The zero-order chi connectivity index (χ0) is 15.0. The molecule has 0 atom stereocenters. The Kier molecular flexibility index (Phi) is 3.52. The third kappa shape index (κ3) is 3.14. The van der Waals surface area contributed by atoms with Crippen molar-refractivity contribution < 1.29 is 25.9 Å². The van der Waals surface area contributed by atoms with Crippen molar-refractivity contribution >= 4 is 25.9 Å². The van der Waals surface area contributed by atoms with E-state index in [1.54, 1.807) is 0 Å². The fraction of sp³-hybridized carbons (Fsp3) is 0. The van der Waals surface area contributed by atoms with Crippen LogP contribution < -0.4 is 5.43 Å². The number of hydrogen-bond acceptors (Lipinski definition) is 6. The number of hydrogen-bond donors (Lipinski definition) is 3. The predicted octanol–water partition coefficient (Wildman–Crippen LogP) is 0.252. The minimum atomic E-state index is -4.57. The van der Waals surface area contributed by atoms with Gasteiger partial charge in [0, 0.05) is 12.4 Å². The van der Waals surface area contributed by atoms with Gasteiger partial charge in [0.05, 0.1) is 10.6 Å². The number of nitrogens with zero attached hydrogens (tertiary/aromatic N) is 2. The van der Waals surface area contributed by atoms with E-state index in [0.717, 1.165) is 18.2 Å². The maximum absolute atomic E-state index is 11.2. The first kappa shape index (κ1) is 14.5. The molecule has 11 heteroatoms. The quantitative estimate of drug-likeness (QED) is 0.682. The van der Waals surface area contributed by atoms with Gasteiger partial charge in [-0.2, -0.15) is 16.8 Å². The normalized spacial score (nSPS) is 12.3. The Morgan fingerprint density at radius 2 is 1.80 bits per heavy atom. The van der Waals surface area contributed by atoms with E-state index in [0.29, 0.717) is 0 Å². The van der Waals surface area contributed by atoms with Crippen LogP contribution in [0.2, 0.25) is 0 Å². The van der Waals surface area contributed by atoms with Crippen LogP contribution in [0.15, 0.2) is 46.7 Å². The maximum Gasteiger partial charge on any atom is 0.296 e. The average Bonchev–Trinajstić information content (AvgIpc) is 2.79. The van der Waals surface area contributed by atoms with Gasteiger partial charge in [0.1, 0.15) is 11.2 Å². The standard InChI is InChI=1S/C9H9N3O6S2/c13-19(14,15)7-1-2-9(20(16,17)18)8(5-7)11-12-4-3-10-6-12/h1-6,11H,(H,13,14,15)(H,16,17,18). The molecule has 0 bridgehead atoms. The summed E-state index contributed by atoms with van der Waals surface area (Å²) in [5, 5.41) is 0. The highest BCUT2D eigenvalue weighted by atomic mass is 32.2. The molecule has 20 heavy (non-hydrogen) atoms. The second kappa shape index (κ2) is 4.86. The van der Waals surface area contributed by atoms with Crippen LogP contribution in [0.4, 0.5) is 5.69 Å². The van der Waals surface area contributed by atoms with Crippen LogP contribution in [-0.4, -0.2) is 35.6 Å². The van der Waals surface area contributed by atoms with E-state index in [4.69, 9.17) is 9.11 Å². The summed E-state index contributed by atoms with van der Waals surface area (Å²) in [4.78, 5) is 2.64. The molecule has 3 N–H and O–H groups in total. The van der Waals surface area contributed by atoms with Crippen LogP contribution in [0.1, 0.15) is 0 Å². The predicted molar refractivity (Wildman–Crippen MR) is 67.3 cm³/mol. The van der Waals surface area contributed by atoms with Gasteiger partial charge in [0.15, 0.2) is 0 Å². The molecule has 1 aromatic carbocycles. The number of anilines is 1. The van der Waals surface area contributed by atoms with Crippen molar-refractivity contribution in [2.75, 3.05) is 5.43 Å². The second-order valence-electron chi connectivity index (χ2n) is 3.69. The molecule has 108 valence electrons. The third-order valence-electron chi connectivity index (χ3n) is 2.28. The molecule has 0 saturated heterocycles. The van der Waals surface area contributed by atoms with Gasteiger partial charge in [0.25, 0.3) is 20.2 Å². The van der Waals surface area contributed by atoms with E-state index < -0.39 is 30.0 Å². The van der Waals surface area contributed by atoms with Gasteiger partial charge < -0.3 is 0 Å². The van der Waals surface area contributed by atoms with Gasteiger partial charge in [-0.15, -0.1) is 0 Å². The summed E-state index contributed by atoms with van der Waals surface area (Å²) < 4.78 is 63.8. The Bertz CT molecular complexity index is 827. The molecule has 2 rings (SSSR count). The molecular formula is C9H9N3O6S2. The highest BCUT2D eigenvalue weighted by Crippen LogP contribution is 2.25. The number of rotatable bonds is 4. The Morgan fingerprint density at radius 3 is 2.30 bits per heavy atom. The topological polar surface area (TPSA) is 139 Å². The molecule has 2 aromatic rings. The van der Waals surface area contributed by atoms with E-state index in [2.05, 4.69) is 10.4 Å². The Morgan fingerprint density at radius 1 is 1.10 bits per heavy atom. The summed E-state index contributed by atoms with van der Waals surface area (Å²) in [6, 6.07) is 2.59. The van der Waals surface area contributed by atoms with Crippen LogP contribution >= 0.6 is 0 Å². The smallest absolute Gasteiger partial charge is 0.292 e. The minimum absolute atomic E-state index is 0.236. The molecule has 9 nitrogen and oxygen atoms in total. The molecule has 0 radical (unpaired) electrons. The van der Waals surface area contributed by atoms with E-state index >= 15 is 0 Å². The van der Waals surface area contributed by atoms with E-state index in [9.17, 15) is 16.8 Å². The summed E-state index contributed by atoms with van der Waals surface area (Å²) in [5.41, 5.74) is 2.28. The zero-order valence-electron chi connectivity index (χ0n) is 9.70. The molecule has 0 saturated carbocycles. The summed E-state index contributed by atoms with van der Waals surface area (Å²) in [6.07, 6.45) is 4.11. The van der Waals surface area contributed by atoms with Crippen LogP contribution in [0, 0.1) is 0 Å². The van der Waals surface area contributed by atoms with E-state index in [1.807, 2.05) is 0 Å². The third-order valence-corrected chi connectivity index (χ3v) is 4.04. The van der Waals surface area contributed by atoms with Crippen LogP contribution in [0.25, 0.3) is 0 Å². The minimum Gasteiger partial charge on any atom is -0.292 e. The molecule has 0 spiro atoms. The molecule has 0 fully saturated rings. The first-order valence-electron chi connectivity index (χ1n) is 5.02. The van der Waals surface area contributed by atoms with Crippen molar-refractivity contribution in [3.8, 4) is 0 Å². The number of benzene rings is 1. The molecular weight excluding hydrogens is 310 g/mol. The molecule has 0 aliphatic rings. The maximum atomic E-state index is 11.2. The summed E-state index contributed by atoms with van der Waals surface area (Å²) in [6.45, 7) is 0. The zero-order valence-corrected chi connectivity index (χ0v) is 11.3. The Hall–Kier alpha value is -1.95. The van der Waals surface area contributed by atoms with Gasteiger partial charge >= 0.3 is 0 Å². The summed E-state index contributed by atoms with van der Waals surface area (Å²) in [5.74, 6) is 0. The number of imidazole rings is 1. The lowest BCUT2D eigenvalue weighted by Crippen LogP contribution is -2.12. The molecule has 1 heterocycles. The largest absolute Gasteiger partial charge is 0.296 e. The summed E-state index contributed by atoms with van der Waals surface area (Å²) in [7, 11) is -9.08. The summed E-state index contributed by atoms with van der Waals surface area (Å²) >= 11 is 0. The van der Waals surface area contributed by atoms with E-state index in [-0.39, 0.29) is 5.69 Å². The lowest BCUT2D eigenvalue weighted by atomic mass is 10.3.